The van der Waals surface area contributed by atoms with Crippen LogP contribution in [-0.4, -0.2) is 43.3 Å². The molecule has 0 amide bonds. The molecule has 2 fully saturated rings. The average Bonchev–Trinajstić information content (AvgIpc) is 2.36. The van der Waals surface area contributed by atoms with Gasteiger partial charge in [0.15, 0.2) is 0 Å². The third-order valence-corrected chi connectivity index (χ3v) is 4.81. The first kappa shape index (κ1) is 14.3. The van der Waals surface area contributed by atoms with Gasteiger partial charge < -0.3 is 10.5 Å². The molecule has 3 nitrogen and oxygen atoms in total. The zero-order chi connectivity index (χ0) is 13.1. The molecule has 0 aromatic carbocycles. The number of morpholine rings is 1. The van der Waals surface area contributed by atoms with Gasteiger partial charge in [-0.2, -0.15) is 0 Å². The van der Waals surface area contributed by atoms with Crippen molar-refractivity contribution in [3.8, 4) is 0 Å². The van der Waals surface area contributed by atoms with Crippen molar-refractivity contribution >= 4 is 0 Å². The summed E-state index contributed by atoms with van der Waals surface area (Å²) >= 11 is 0. The number of rotatable bonds is 4. The molecule has 1 saturated carbocycles. The summed E-state index contributed by atoms with van der Waals surface area (Å²) in [7, 11) is 0. The Bertz CT molecular complexity index is 259. The van der Waals surface area contributed by atoms with Crippen molar-refractivity contribution < 1.29 is 4.74 Å². The van der Waals surface area contributed by atoms with Gasteiger partial charge >= 0.3 is 0 Å². The van der Waals surface area contributed by atoms with Gasteiger partial charge in [-0.3, -0.25) is 4.90 Å². The molecule has 2 N–H and O–H groups in total. The summed E-state index contributed by atoms with van der Waals surface area (Å²) in [6.07, 6.45) is 8.14. The van der Waals surface area contributed by atoms with Gasteiger partial charge in [0.25, 0.3) is 0 Å². The van der Waals surface area contributed by atoms with E-state index in [1.165, 1.54) is 45.1 Å². The Balaban J connectivity index is 1.82. The fourth-order valence-electron chi connectivity index (χ4n) is 3.56. The molecule has 0 atom stereocenters. The standard InChI is InChI=1S/C15H30N2O/c1-14(2)13-17(10-11-18-14)9-8-15(12-16)6-4-3-5-7-15/h3-13,16H2,1-2H3. The molecule has 0 aromatic heterocycles. The lowest BCUT2D eigenvalue weighted by molar-refractivity contribution is -0.0884. The van der Waals surface area contributed by atoms with Crippen LogP contribution in [0.4, 0.5) is 0 Å². The Morgan fingerprint density at radius 3 is 2.50 bits per heavy atom. The highest BCUT2D eigenvalue weighted by molar-refractivity contribution is 4.86. The average molecular weight is 254 g/mol. The van der Waals surface area contributed by atoms with E-state index < -0.39 is 0 Å². The van der Waals surface area contributed by atoms with Crippen molar-refractivity contribution in [1.82, 2.24) is 4.90 Å². The second kappa shape index (κ2) is 5.89. The van der Waals surface area contributed by atoms with E-state index in [1.807, 2.05) is 0 Å². The van der Waals surface area contributed by atoms with Crippen LogP contribution in [0.3, 0.4) is 0 Å². The molecule has 1 aliphatic heterocycles. The normalized spacial score (nSPS) is 28.2. The van der Waals surface area contributed by atoms with E-state index in [4.69, 9.17) is 10.5 Å². The Labute approximate surface area is 112 Å². The van der Waals surface area contributed by atoms with Crippen LogP contribution in [0.2, 0.25) is 0 Å². The molecule has 0 bridgehead atoms. The predicted octanol–water partition coefficient (Wildman–Crippen LogP) is 2.40. The molecular weight excluding hydrogens is 224 g/mol. The number of nitrogens with two attached hydrogens (primary N) is 1. The summed E-state index contributed by atoms with van der Waals surface area (Å²) < 4.78 is 5.77. The SMILES string of the molecule is CC1(C)CN(CCC2(CN)CCCCC2)CCO1. The van der Waals surface area contributed by atoms with E-state index in [9.17, 15) is 0 Å². The topological polar surface area (TPSA) is 38.5 Å². The third-order valence-electron chi connectivity index (χ3n) is 4.81. The molecule has 0 aromatic rings. The molecule has 2 aliphatic rings. The van der Waals surface area contributed by atoms with Crippen molar-refractivity contribution in [3.05, 3.63) is 0 Å². The monoisotopic (exact) mass is 254 g/mol. The van der Waals surface area contributed by atoms with E-state index >= 15 is 0 Å². The number of ether oxygens (including phenoxy) is 1. The van der Waals surface area contributed by atoms with Gasteiger partial charge in [0.05, 0.1) is 12.2 Å². The first-order valence-electron chi connectivity index (χ1n) is 7.62. The summed E-state index contributed by atoms with van der Waals surface area (Å²) in [6, 6.07) is 0. The molecule has 18 heavy (non-hydrogen) atoms. The van der Waals surface area contributed by atoms with Gasteiger partial charge in [0.2, 0.25) is 0 Å². The fraction of sp³-hybridized carbons (Fsp3) is 1.00. The molecule has 1 heterocycles. The highest BCUT2D eigenvalue weighted by atomic mass is 16.5. The smallest absolute Gasteiger partial charge is 0.0753 e. The Kier molecular flexibility index (Phi) is 4.68. The summed E-state index contributed by atoms with van der Waals surface area (Å²) in [5.74, 6) is 0. The number of nitrogens with zero attached hydrogens (tertiary/aromatic N) is 1. The zero-order valence-electron chi connectivity index (χ0n) is 12.2. The van der Waals surface area contributed by atoms with Crippen molar-refractivity contribution in [2.45, 2.75) is 58.0 Å². The van der Waals surface area contributed by atoms with Crippen LogP contribution in [-0.2, 0) is 4.74 Å². The lowest BCUT2D eigenvalue weighted by Crippen LogP contribution is -2.49. The van der Waals surface area contributed by atoms with Gasteiger partial charge in [-0.25, -0.2) is 0 Å². The first-order valence-corrected chi connectivity index (χ1v) is 7.62. The molecule has 0 unspecified atom stereocenters. The third kappa shape index (κ3) is 3.69. The minimum atomic E-state index is 0.0285. The molecule has 1 aliphatic carbocycles. The van der Waals surface area contributed by atoms with E-state index in [0.717, 1.165) is 26.2 Å². The quantitative estimate of drug-likeness (QED) is 0.837. The van der Waals surface area contributed by atoms with Gasteiger partial charge in [0.1, 0.15) is 0 Å². The highest BCUT2D eigenvalue weighted by Crippen LogP contribution is 2.38. The van der Waals surface area contributed by atoms with Crippen molar-refractivity contribution in [3.63, 3.8) is 0 Å². The maximum Gasteiger partial charge on any atom is 0.0753 e. The molecule has 2 rings (SSSR count). The Morgan fingerprint density at radius 2 is 1.89 bits per heavy atom. The number of hydrogen-bond donors (Lipinski definition) is 1. The van der Waals surface area contributed by atoms with Crippen LogP contribution in [0.15, 0.2) is 0 Å². The lowest BCUT2D eigenvalue weighted by Gasteiger charge is -2.42. The van der Waals surface area contributed by atoms with Crippen LogP contribution in [0.1, 0.15) is 52.4 Å². The van der Waals surface area contributed by atoms with Gasteiger partial charge in [-0.05, 0) is 51.6 Å². The molecular formula is C15H30N2O. The first-order chi connectivity index (χ1) is 8.55. The van der Waals surface area contributed by atoms with E-state index in [1.54, 1.807) is 0 Å². The van der Waals surface area contributed by atoms with Gasteiger partial charge in [-0.1, -0.05) is 19.3 Å². The Morgan fingerprint density at radius 1 is 1.17 bits per heavy atom. The van der Waals surface area contributed by atoms with Crippen LogP contribution in [0, 0.1) is 5.41 Å². The van der Waals surface area contributed by atoms with E-state index in [0.29, 0.717) is 5.41 Å². The van der Waals surface area contributed by atoms with Crippen LogP contribution < -0.4 is 5.73 Å². The molecule has 3 heteroatoms. The predicted molar refractivity (Wildman–Crippen MR) is 75.7 cm³/mol. The maximum atomic E-state index is 6.06. The van der Waals surface area contributed by atoms with Crippen LogP contribution >= 0.6 is 0 Å². The molecule has 0 spiro atoms. The second-order valence-corrected chi connectivity index (χ2v) is 6.90. The fourth-order valence-corrected chi connectivity index (χ4v) is 3.56. The van der Waals surface area contributed by atoms with E-state index in [2.05, 4.69) is 18.7 Å². The summed E-state index contributed by atoms with van der Waals surface area (Å²) in [6.45, 7) is 9.49. The van der Waals surface area contributed by atoms with Gasteiger partial charge in [0, 0.05) is 13.1 Å². The van der Waals surface area contributed by atoms with Crippen molar-refractivity contribution in [1.29, 1.82) is 0 Å². The molecule has 0 radical (unpaired) electrons. The Hall–Kier alpha value is -0.120. The molecule has 1 saturated heterocycles. The minimum Gasteiger partial charge on any atom is -0.373 e. The van der Waals surface area contributed by atoms with Gasteiger partial charge in [-0.15, -0.1) is 0 Å². The van der Waals surface area contributed by atoms with Crippen molar-refractivity contribution in [2.24, 2.45) is 11.1 Å². The maximum absolute atomic E-state index is 6.06. The summed E-state index contributed by atoms with van der Waals surface area (Å²) in [4.78, 5) is 2.56. The second-order valence-electron chi connectivity index (χ2n) is 6.90. The summed E-state index contributed by atoms with van der Waals surface area (Å²) in [5.41, 5.74) is 6.54. The van der Waals surface area contributed by atoms with Crippen LogP contribution in [0.5, 0.6) is 0 Å². The lowest BCUT2D eigenvalue weighted by atomic mass is 9.72. The largest absolute Gasteiger partial charge is 0.373 e. The zero-order valence-corrected chi connectivity index (χ0v) is 12.2. The van der Waals surface area contributed by atoms with Crippen LogP contribution in [0.25, 0.3) is 0 Å². The van der Waals surface area contributed by atoms with E-state index in [-0.39, 0.29) is 5.60 Å². The molecule has 106 valence electrons. The minimum absolute atomic E-state index is 0.0285. The summed E-state index contributed by atoms with van der Waals surface area (Å²) in [5, 5.41) is 0. The highest BCUT2D eigenvalue weighted by Gasteiger charge is 2.32. The number of hydrogen-bond acceptors (Lipinski definition) is 3. The van der Waals surface area contributed by atoms with Crippen molar-refractivity contribution in [2.75, 3.05) is 32.8 Å².